The zero-order chi connectivity index (χ0) is 9.10. The monoisotopic (exact) mass is 199 g/mol. The van der Waals surface area contributed by atoms with Gasteiger partial charge in [0.2, 0.25) is 0 Å². The minimum Gasteiger partial charge on any atom is -0.313 e. The van der Waals surface area contributed by atoms with Crippen LogP contribution in [0.25, 0.3) is 0 Å². The van der Waals surface area contributed by atoms with Crippen LogP contribution in [0.1, 0.15) is 32.6 Å². The van der Waals surface area contributed by atoms with Crippen LogP contribution in [0.15, 0.2) is 0 Å². The third-order valence-corrected chi connectivity index (χ3v) is 4.80. The molecule has 0 amide bonds. The van der Waals surface area contributed by atoms with E-state index in [1.165, 1.54) is 43.7 Å². The summed E-state index contributed by atoms with van der Waals surface area (Å²) in [5.41, 5.74) is 0. The van der Waals surface area contributed by atoms with Gasteiger partial charge >= 0.3 is 0 Å². The average Bonchev–Trinajstić information content (AvgIpc) is 2.56. The van der Waals surface area contributed by atoms with Crippen LogP contribution in [-0.2, 0) is 0 Å². The van der Waals surface area contributed by atoms with Gasteiger partial charge in [-0.15, -0.1) is 0 Å². The minimum absolute atomic E-state index is 0.831. The van der Waals surface area contributed by atoms with Gasteiger partial charge in [0.25, 0.3) is 0 Å². The predicted molar refractivity (Wildman–Crippen MR) is 60.2 cm³/mol. The summed E-state index contributed by atoms with van der Waals surface area (Å²) < 4.78 is 0. The van der Waals surface area contributed by atoms with Crippen molar-refractivity contribution in [2.75, 3.05) is 18.1 Å². The maximum atomic E-state index is 3.75. The Morgan fingerprint density at radius 1 is 1.15 bits per heavy atom. The molecule has 0 spiro atoms. The summed E-state index contributed by atoms with van der Waals surface area (Å²) in [7, 11) is 0. The highest BCUT2D eigenvalue weighted by Gasteiger charge is 2.26. The van der Waals surface area contributed by atoms with E-state index in [4.69, 9.17) is 0 Å². The second-order valence-electron chi connectivity index (χ2n) is 4.70. The Bertz CT molecular complexity index is 154. The van der Waals surface area contributed by atoms with E-state index in [2.05, 4.69) is 24.0 Å². The van der Waals surface area contributed by atoms with Crippen molar-refractivity contribution < 1.29 is 0 Å². The highest BCUT2D eigenvalue weighted by Crippen LogP contribution is 2.30. The number of nitrogens with one attached hydrogen (secondary N) is 1. The first kappa shape index (κ1) is 9.85. The molecule has 1 heterocycles. The molecule has 76 valence electrons. The van der Waals surface area contributed by atoms with Gasteiger partial charge in [0.05, 0.1) is 0 Å². The Hall–Kier alpha value is 0.310. The van der Waals surface area contributed by atoms with Gasteiger partial charge in [-0.05, 0) is 37.0 Å². The molecule has 2 unspecified atom stereocenters. The lowest BCUT2D eigenvalue weighted by Gasteiger charge is -2.22. The second-order valence-corrected chi connectivity index (χ2v) is 5.78. The van der Waals surface area contributed by atoms with E-state index in [0.29, 0.717) is 0 Å². The molecule has 1 saturated carbocycles. The highest BCUT2D eigenvalue weighted by atomic mass is 32.2. The summed E-state index contributed by atoms with van der Waals surface area (Å²) in [4.78, 5) is 0. The van der Waals surface area contributed by atoms with E-state index < -0.39 is 0 Å². The first-order valence-electron chi connectivity index (χ1n) is 5.67. The molecule has 2 atom stereocenters. The van der Waals surface area contributed by atoms with Crippen molar-refractivity contribution in [2.24, 2.45) is 11.8 Å². The zero-order valence-corrected chi connectivity index (χ0v) is 9.41. The molecule has 0 aromatic carbocycles. The van der Waals surface area contributed by atoms with Gasteiger partial charge in [-0.1, -0.05) is 19.8 Å². The summed E-state index contributed by atoms with van der Waals surface area (Å²) in [6, 6.07) is 0.831. The molecule has 2 fully saturated rings. The second kappa shape index (κ2) is 4.70. The summed E-state index contributed by atoms with van der Waals surface area (Å²) in [5, 5.41) is 3.75. The quantitative estimate of drug-likeness (QED) is 0.696. The Morgan fingerprint density at radius 2 is 1.92 bits per heavy atom. The molecule has 0 aromatic heterocycles. The molecule has 1 nitrogen and oxygen atoms in total. The summed E-state index contributed by atoms with van der Waals surface area (Å²) >= 11 is 2.16. The molecule has 2 rings (SSSR count). The van der Waals surface area contributed by atoms with Crippen molar-refractivity contribution >= 4 is 11.8 Å². The predicted octanol–water partition coefficient (Wildman–Crippen LogP) is 2.52. The largest absolute Gasteiger partial charge is 0.313 e. The Kier molecular flexibility index (Phi) is 3.56. The molecule has 0 radical (unpaired) electrons. The van der Waals surface area contributed by atoms with Crippen molar-refractivity contribution in [1.29, 1.82) is 0 Å². The topological polar surface area (TPSA) is 12.0 Å². The van der Waals surface area contributed by atoms with E-state index in [1.54, 1.807) is 0 Å². The molecule has 13 heavy (non-hydrogen) atoms. The Morgan fingerprint density at radius 3 is 2.69 bits per heavy atom. The fourth-order valence-electron chi connectivity index (χ4n) is 2.53. The van der Waals surface area contributed by atoms with Crippen LogP contribution in [0.4, 0.5) is 0 Å². The average molecular weight is 199 g/mol. The Labute approximate surface area is 86.0 Å². The van der Waals surface area contributed by atoms with Crippen molar-refractivity contribution in [3.63, 3.8) is 0 Å². The lowest BCUT2D eigenvalue weighted by Crippen LogP contribution is -2.37. The van der Waals surface area contributed by atoms with Gasteiger partial charge in [0.15, 0.2) is 0 Å². The third-order valence-electron chi connectivity index (χ3n) is 3.40. The SMILES string of the molecule is CC1CNC(C2CCCC2)CSC1. The number of hydrogen-bond donors (Lipinski definition) is 1. The lowest BCUT2D eigenvalue weighted by atomic mass is 9.99. The molecule has 2 heteroatoms. The standard InChI is InChI=1S/C11H21NS/c1-9-6-12-11(8-13-7-9)10-4-2-3-5-10/h9-12H,2-8H2,1H3. The van der Waals surface area contributed by atoms with Crippen molar-refractivity contribution in [3.05, 3.63) is 0 Å². The molecular formula is C11H21NS. The maximum Gasteiger partial charge on any atom is 0.0186 e. The van der Waals surface area contributed by atoms with E-state index in [-0.39, 0.29) is 0 Å². The molecule has 0 bridgehead atoms. The van der Waals surface area contributed by atoms with Gasteiger partial charge < -0.3 is 5.32 Å². The minimum atomic E-state index is 0.831. The van der Waals surface area contributed by atoms with E-state index in [9.17, 15) is 0 Å². The first-order chi connectivity index (χ1) is 6.36. The maximum absolute atomic E-state index is 3.75. The van der Waals surface area contributed by atoms with E-state index in [1.807, 2.05) is 0 Å². The third kappa shape index (κ3) is 2.63. The summed E-state index contributed by atoms with van der Waals surface area (Å²) in [6.45, 7) is 3.60. The summed E-state index contributed by atoms with van der Waals surface area (Å²) in [5.74, 6) is 4.58. The smallest absolute Gasteiger partial charge is 0.0186 e. The Balaban J connectivity index is 1.84. The zero-order valence-electron chi connectivity index (χ0n) is 8.59. The fourth-order valence-corrected chi connectivity index (χ4v) is 3.83. The molecule has 1 saturated heterocycles. The van der Waals surface area contributed by atoms with Crippen molar-refractivity contribution in [2.45, 2.75) is 38.6 Å². The van der Waals surface area contributed by atoms with Crippen LogP contribution >= 0.6 is 11.8 Å². The molecular weight excluding hydrogens is 178 g/mol. The lowest BCUT2D eigenvalue weighted by molar-refractivity contribution is 0.376. The van der Waals surface area contributed by atoms with Crippen LogP contribution in [0.2, 0.25) is 0 Å². The molecule has 0 aromatic rings. The van der Waals surface area contributed by atoms with Gasteiger partial charge in [0.1, 0.15) is 0 Å². The van der Waals surface area contributed by atoms with Crippen LogP contribution in [0.3, 0.4) is 0 Å². The van der Waals surface area contributed by atoms with Gasteiger partial charge in [-0.25, -0.2) is 0 Å². The van der Waals surface area contributed by atoms with Crippen LogP contribution in [-0.4, -0.2) is 24.1 Å². The van der Waals surface area contributed by atoms with Gasteiger partial charge in [0, 0.05) is 11.8 Å². The number of thioether (sulfide) groups is 1. The molecule has 1 N–H and O–H groups in total. The number of rotatable bonds is 1. The van der Waals surface area contributed by atoms with Gasteiger partial charge in [-0.3, -0.25) is 0 Å². The normalized spacial score (nSPS) is 37.6. The van der Waals surface area contributed by atoms with Gasteiger partial charge in [-0.2, -0.15) is 11.8 Å². The van der Waals surface area contributed by atoms with Crippen LogP contribution in [0, 0.1) is 11.8 Å². The summed E-state index contributed by atoms with van der Waals surface area (Å²) in [6.07, 6.45) is 5.91. The first-order valence-corrected chi connectivity index (χ1v) is 6.83. The van der Waals surface area contributed by atoms with Crippen LogP contribution < -0.4 is 5.32 Å². The fraction of sp³-hybridized carbons (Fsp3) is 1.00. The highest BCUT2D eigenvalue weighted by molar-refractivity contribution is 7.99. The van der Waals surface area contributed by atoms with Crippen molar-refractivity contribution in [3.8, 4) is 0 Å². The van der Waals surface area contributed by atoms with E-state index in [0.717, 1.165) is 17.9 Å². The molecule has 1 aliphatic carbocycles. The molecule has 1 aliphatic heterocycles. The van der Waals surface area contributed by atoms with E-state index >= 15 is 0 Å². The van der Waals surface area contributed by atoms with Crippen LogP contribution in [0.5, 0.6) is 0 Å². The van der Waals surface area contributed by atoms with Crippen molar-refractivity contribution in [1.82, 2.24) is 5.32 Å². The molecule has 2 aliphatic rings. The number of hydrogen-bond acceptors (Lipinski definition) is 2.